The summed E-state index contributed by atoms with van der Waals surface area (Å²) in [5, 5.41) is 12.1. The minimum absolute atomic E-state index is 0.0754. The first-order valence-corrected chi connectivity index (χ1v) is 8.76. The Balaban J connectivity index is 1.66. The van der Waals surface area contributed by atoms with Gasteiger partial charge in [-0.2, -0.15) is 18.2 Å². The molecule has 7 nitrogen and oxygen atoms in total. The Morgan fingerprint density at radius 1 is 1.25 bits per heavy atom. The molecule has 1 aliphatic rings. The molecule has 1 unspecified atom stereocenters. The first kappa shape index (κ1) is 19.8. The van der Waals surface area contributed by atoms with Gasteiger partial charge >= 0.3 is 18.0 Å². The van der Waals surface area contributed by atoms with Crippen molar-refractivity contribution in [3.63, 3.8) is 0 Å². The number of carbonyl (C=O) groups is 2. The van der Waals surface area contributed by atoms with Gasteiger partial charge in [-0.25, -0.2) is 0 Å². The number of benzene rings is 1. The second kappa shape index (κ2) is 7.99. The van der Waals surface area contributed by atoms with E-state index in [0.29, 0.717) is 30.6 Å². The van der Waals surface area contributed by atoms with E-state index in [-0.39, 0.29) is 24.1 Å². The first-order valence-electron chi connectivity index (χ1n) is 8.76. The average Bonchev–Trinajstić information content (AvgIpc) is 3.17. The standard InChI is InChI=1S/C18H18F3N3O4/c19-18(20,21)17-22-15(23-28-17)12-4-6-13(7-5-12)16(27)24-9-1-2-11(10-24)3-8-14(25)26/h4-7,11H,1-3,8-10H2,(H,25,26). The summed E-state index contributed by atoms with van der Waals surface area (Å²) in [5.74, 6) is -2.54. The maximum Gasteiger partial charge on any atom is 0.471 e. The van der Waals surface area contributed by atoms with Gasteiger partial charge in [-0.1, -0.05) is 17.3 Å². The Morgan fingerprint density at radius 2 is 1.96 bits per heavy atom. The smallest absolute Gasteiger partial charge is 0.471 e. The minimum atomic E-state index is -4.72. The second-order valence-corrected chi connectivity index (χ2v) is 6.69. The number of alkyl halides is 3. The van der Waals surface area contributed by atoms with Gasteiger partial charge in [0.25, 0.3) is 5.91 Å². The number of piperidine rings is 1. The van der Waals surface area contributed by atoms with Gasteiger partial charge in [0.15, 0.2) is 0 Å². The lowest BCUT2D eigenvalue weighted by Gasteiger charge is -2.32. The number of aromatic nitrogens is 2. The van der Waals surface area contributed by atoms with Crippen LogP contribution in [0.5, 0.6) is 0 Å². The number of carboxylic acid groups (broad SMARTS) is 1. The van der Waals surface area contributed by atoms with Crippen molar-refractivity contribution < 1.29 is 32.4 Å². The van der Waals surface area contributed by atoms with Crippen LogP contribution >= 0.6 is 0 Å². The molecule has 0 aliphatic carbocycles. The fourth-order valence-electron chi connectivity index (χ4n) is 3.21. The van der Waals surface area contributed by atoms with E-state index in [0.717, 1.165) is 12.8 Å². The number of amides is 1. The molecule has 1 amide bonds. The molecule has 1 aliphatic heterocycles. The molecule has 1 fully saturated rings. The summed E-state index contributed by atoms with van der Waals surface area (Å²) in [6.45, 7) is 1.08. The highest BCUT2D eigenvalue weighted by atomic mass is 19.4. The molecule has 3 rings (SSSR count). The van der Waals surface area contributed by atoms with Crippen molar-refractivity contribution in [3.8, 4) is 11.4 Å². The van der Waals surface area contributed by atoms with E-state index in [1.165, 1.54) is 24.3 Å². The van der Waals surface area contributed by atoms with Crippen LogP contribution in [0.1, 0.15) is 41.9 Å². The minimum Gasteiger partial charge on any atom is -0.481 e. The number of carboxylic acids is 1. The summed E-state index contributed by atoms with van der Waals surface area (Å²) in [6, 6.07) is 5.93. The Labute approximate surface area is 158 Å². The van der Waals surface area contributed by atoms with E-state index in [4.69, 9.17) is 5.11 Å². The van der Waals surface area contributed by atoms with Crippen molar-refractivity contribution in [1.29, 1.82) is 0 Å². The highest BCUT2D eigenvalue weighted by Crippen LogP contribution is 2.29. The highest BCUT2D eigenvalue weighted by Gasteiger charge is 2.38. The Hall–Kier alpha value is -2.91. The molecule has 0 bridgehead atoms. The lowest BCUT2D eigenvalue weighted by atomic mass is 9.93. The topological polar surface area (TPSA) is 96.5 Å². The van der Waals surface area contributed by atoms with E-state index < -0.39 is 18.0 Å². The third-order valence-corrected chi connectivity index (χ3v) is 4.63. The van der Waals surface area contributed by atoms with Crippen LogP contribution in [-0.2, 0) is 11.0 Å². The third kappa shape index (κ3) is 4.68. The number of halogens is 3. The SMILES string of the molecule is O=C(O)CCC1CCCN(C(=O)c2ccc(-c3noc(C(F)(F)F)n3)cc2)C1. The molecule has 28 heavy (non-hydrogen) atoms. The maximum atomic E-state index is 12.7. The molecule has 2 heterocycles. The van der Waals surface area contributed by atoms with Gasteiger partial charge in [0.05, 0.1) is 0 Å². The number of nitrogens with zero attached hydrogens (tertiary/aromatic N) is 3. The molecule has 2 aromatic rings. The van der Waals surface area contributed by atoms with E-state index in [1.54, 1.807) is 4.90 Å². The summed E-state index contributed by atoms with van der Waals surface area (Å²) < 4.78 is 41.8. The summed E-state index contributed by atoms with van der Waals surface area (Å²) in [5.41, 5.74) is 0.691. The van der Waals surface area contributed by atoms with Crippen LogP contribution in [0.3, 0.4) is 0 Å². The van der Waals surface area contributed by atoms with E-state index in [2.05, 4.69) is 14.7 Å². The Bertz CT molecular complexity index is 849. The summed E-state index contributed by atoms with van der Waals surface area (Å²) in [4.78, 5) is 28.4. The van der Waals surface area contributed by atoms with Gasteiger partial charge in [-0.05, 0) is 37.3 Å². The fourth-order valence-corrected chi connectivity index (χ4v) is 3.21. The third-order valence-electron chi connectivity index (χ3n) is 4.63. The monoisotopic (exact) mass is 397 g/mol. The van der Waals surface area contributed by atoms with Gasteiger partial charge in [0.2, 0.25) is 5.82 Å². The van der Waals surface area contributed by atoms with Crippen LogP contribution in [0.4, 0.5) is 13.2 Å². The van der Waals surface area contributed by atoms with Crippen LogP contribution in [0.15, 0.2) is 28.8 Å². The molecule has 0 spiro atoms. The van der Waals surface area contributed by atoms with Crippen LogP contribution in [0.2, 0.25) is 0 Å². The number of rotatable bonds is 5. The van der Waals surface area contributed by atoms with Crippen molar-refractivity contribution in [3.05, 3.63) is 35.7 Å². The van der Waals surface area contributed by atoms with E-state index in [1.807, 2.05) is 0 Å². The molecular weight excluding hydrogens is 379 g/mol. The molecule has 1 aromatic carbocycles. The highest BCUT2D eigenvalue weighted by molar-refractivity contribution is 5.94. The van der Waals surface area contributed by atoms with Crippen molar-refractivity contribution >= 4 is 11.9 Å². The van der Waals surface area contributed by atoms with Gasteiger partial charge in [0.1, 0.15) is 0 Å². The second-order valence-electron chi connectivity index (χ2n) is 6.69. The Morgan fingerprint density at radius 3 is 2.57 bits per heavy atom. The number of carbonyl (C=O) groups excluding carboxylic acids is 1. The van der Waals surface area contributed by atoms with Gasteiger partial charge in [-0.15, -0.1) is 0 Å². The maximum absolute atomic E-state index is 12.7. The number of hydrogen-bond donors (Lipinski definition) is 1. The molecule has 0 radical (unpaired) electrons. The molecule has 0 saturated carbocycles. The van der Waals surface area contributed by atoms with Crippen molar-refractivity contribution in [2.75, 3.05) is 13.1 Å². The molecule has 1 N–H and O–H groups in total. The molecular formula is C18H18F3N3O4. The van der Waals surface area contributed by atoms with Crippen LogP contribution in [0.25, 0.3) is 11.4 Å². The first-order chi connectivity index (χ1) is 13.2. The molecule has 1 atom stereocenters. The number of aliphatic carboxylic acids is 1. The number of hydrogen-bond acceptors (Lipinski definition) is 5. The number of likely N-dealkylation sites (tertiary alicyclic amines) is 1. The zero-order chi connectivity index (χ0) is 20.3. The van der Waals surface area contributed by atoms with Crippen LogP contribution in [-0.4, -0.2) is 45.1 Å². The fraction of sp³-hybridized carbons (Fsp3) is 0.444. The summed E-state index contributed by atoms with van der Waals surface area (Å²) in [6.07, 6.45) is -2.43. The molecule has 10 heteroatoms. The predicted molar refractivity (Wildman–Crippen MR) is 90.2 cm³/mol. The molecule has 150 valence electrons. The quantitative estimate of drug-likeness (QED) is 0.830. The van der Waals surface area contributed by atoms with Crippen LogP contribution < -0.4 is 0 Å². The van der Waals surface area contributed by atoms with E-state index in [9.17, 15) is 22.8 Å². The van der Waals surface area contributed by atoms with E-state index >= 15 is 0 Å². The zero-order valence-electron chi connectivity index (χ0n) is 14.8. The lowest BCUT2D eigenvalue weighted by Crippen LogP contribution is -2.40. The Kier molecular flexibility index (Phi) is 5.66. The lowest BCUT2D eigenvalue weighted by molar-refractivity contribution is -0.159. The normalized spacial score (nSPS) is 17.5. The molecule has 1 saturated heterocycles. The summed E-state index contributed by atoms with van der Waals surface area (Å²) in [7, 11) is 0. The van der Waals surface area contributed by atoms with Gasteiger partial charge < -0.3 is 14.5 Å². The van der Waals surface area contributed by atoms with Crippen molar-refractivity contribution in [2.45, 2.75) is 31.9 Å². The molecule has 1 aromatic heterocycles. The summed E-state index contributed by atoms with van der Waals surface area (Å²) >= 11 is 0. The zero-order valence-corrected chi connectivity index (χ0v) is 14.8. The van der Waals surface area contributed by atoms with Crippen molar-refractivity contribution in [1.82, 2.24) is 15.0 Å². The average molecular weight is 397 g/mol. The predicted octanol–water partition coefficient (Wildman–Crippen LogP) is 3.47. The van der Waals surface area contributed by atoms with Gasteiger partial charge in [0, 0.05) is 30.6 Å². The van der Waals surface area contributed by atoms with Crippen molar-refractivity contribution in [2.24, 2.45) is 5.92 Å². The largest absolute Gasteiger partial charge is 0.481 e. The van der Waals surface area contributed by atoms with Crippen LogP contribution in [0, 0.1) is 5.92 Å². The van der Waals surface area contributed by atoms with Gasteiger partial charge in [-0.3, -0.25) is 9.59 Å².